The van der Waals surface area contributed by atoms with E-state index in [-0.39, 0.29) is 0 Å². The summed E-state index contributed by atoms with van der Waals surface area (Å²) in [5.41, 5.74) is 4.71. The van der Waals surface area contributed by atoms with Gasteiger partial charge in [0.1, 0.15) is 0 Å². The van der Waals surface area contributed by atoms with E-state index in [1.165, 1.54) is 16.5 Å². The number of nitrogens with zero attached hydrogens (tertiary/aromatic N) is 1. The molecular weight excluding hydrogens is 268 g/mol. The molecule has 20 heavy (non-hydrogen) atoms. The molecule has 0 unspecified atom stereocenters. The van der Waals surface area contributed by atoms with Crippen molar-refractivity contribution in [2.45, 2.75) is 13.5 Å². The summed E-state index contributed by atoms with van der Waals surface area (Å²) in [5.74, 6) is 0. The largest absolute Gasteiger partial charge is 0.379 e. The van der Waals surface area contributed by atoms with Crippen LogP contribution in [-0.2, 0) is 13.6 Å². The zero-order valence-electron chi connectivity index (χ0n) is 11.7. The molecule has 0 saturated carbocycles. The molecule has 2 nitrogen and oxygen atoms in total. The lowest BCUT2D eigenvalue weighted by Crippen LogP contribution is -2.01. The number of fused-ring (bicyclic) bond motifs is 1. The van der Waals surface area contributed by atoms with Crippen molar-refractivity contribution in [1.29, 1.82) is 0 Å². The number of halogens is 1. The lowest BCUT2D eigenvalue weighted by atomic mass is 10.1. The Hall–Kier alpha value is -1.93. The molecule has 0 bridgehead atoms. The smallest absolute Gasteiger partial charge is 0.0640 e. The number of benzene rings is 2. The molecule has 3 aromatic rings. The summed E-state index contributed by atoms with van der Waals surface area (Å²) >= 11 is 6.25. The highest BCUT2D eigenvalue weighted by Gasteiger charge is 2.07. The fraction of sp³-hybridized carbons (Fsp3) is 0.176. The van der Waals surface area contributed by atoms with E-state index in [1.807, 2.05) is 12.1 Å². The number of hydrogen-bond acceptors (Lipinski definition) is 1. The summed E-state index contributed by atoms with van der Waals surface area (Å²) in [6, 6.07) is 14.4. The van der Waals surface area contributed by atoms with Crippen LogP contribution >= 0.6 is 11.6 Å². The van der Waals surface area contributed by atoms with Crippen molar-refractivity contribution in [2.24, 2.45) is 7.05 Å². The van der Waals surface area contributed by atoms with Gasteiger partial charge in [-0.25, -0.2) is 0 Å². The molecule has 102 valence electrons. The molecule has 0 aliphatic carbocycles. The second-order valence-electron chi connectivity index (χ2n) is 5.07. The summed E-state index contributed by atoms with van der Waals surface area (Å²) < 4.78 is 2.16. The van der Waals surface area contributed by atoms with Crippen LogP contribution in [0.3, 0.4) is 0 Å². The van der Waals surface area contributed by atoms with Crippen molar-refractivity contribution < 1.29 is 0 Å². The van der Waals surface area contributed by atoms with Crippen LogP contribution in [0.5, 0.6) is 0 Å². The van der Waals surface area contributed by atoms with Gasteiger partial charge in [-0.3, -0.25) is 0 Å². The van der Waals surface area contributed by atoms with E-state index >= 15 is 0 Å². The second kappa shape index (κ2) is 5.22. The van der Waals surface area contributed by atoms with Gasteiger partial charge in [0.2, 0.25) is 0 Å². The van der Waals surface area contributed by atoms with E-state index in [4.69, 9.17) is 11.6 Å². The molecular formula is C17H17ClN2. The molecule has 1 aromatic heterocycles. The fourth-order valence-electron chi connectivity index (χ4n) is 2.61. The summed E-state index contributed by atoms with van der Waals surface area (Å²) in [6.07, 6.45) is 2.17. The van der Waals surface area contributed by atoms with Crippen molar-refractivity contribution in [3.8, 4) is 0 Å². The number of nitrogens with one attached hydrogen (secondary N) is 1. The average molecular weight is 285 g/mol. The van der Waals surface area contributed by atoms with Crippen LogP contribution in [0, 0.1) is 6.92 Å². The molecule has 3 heteroatoms. The molecule has 0 saturated heterocycles. The van der Waals surface area contributed by atoms with Gasteiger partial charge in [0.05, 0.1) is 10.7 Å². The monoisotopic (exact) mass is 284 g/mol. The number of aryl methyl sites for hydroxylation is 2. The van der Waals surface area contributed by atoms with Crippen molar-refractivity contribution >= 4 is 28.2 Å². The van der Waals surface area contributed by atoms with Crippen molar-refractivity contribution in [3.05, 3.63) is 64.8 Å². The summed E-state index contributed by atoms with van der Waals surface area (Å²) in [5, 5.41) is 5.51. The van der Waals surface area contributed by atoms with E-state index in [0.29, 0.717) is 0 Å². The number of rotatable bonds is 3. The standard InChI is InChI=1S/C17H17ClN2/c1-12-6-5-8-15(18)17(12)19-10-13-11-20(2)16-9-4-3-7-14(13)16/h3-9,11,19H,10H2,1-2H3. The molecule has 0 aliphatic rings. The maximum Gasteiger partial charge on any atom is 0.0640 e. The number of aromatic nitrogens is 1. The Morgan fingerprint density at radius 1 is 1.10 bits per heavy atom. The lowest BCUT2D eigenvalue weighted by Gasteiger charge is -2.10. The first kappa shape index (κ1) is 13.1. The van der Waals surface area contributed by atoms with Crippen LogP contribution < -0.4 is 5.32 Å². The predicted octanol–water partition coefficient (Wildman–Crippen LogP) is 4.75. The topological polar surface area (TPSA) is 17.0 Å². The van der Waals surface area contributed by atoms with Crippen LogP contribution in [-0.4, -0.2) is 4.57 Å². The zero-order valence-corrected chi connectivity index (χ0v) is 12.4. The molecule has 2 aromatic carbocycles. The van der Waals surface area contributed by atoms with E-state index in [1.54, 1.807) is 0 Å². The van der Waals surface area contributed by atoms with Crippen LogP contribution in [0.4, 0.5) is 5.69 Å². The average Bonchev–Trinajstić information content (AvgIpc) is 2.76. The highest BCUT2D eigenvalue weighted by Crippen LogP contribution is 2.27. The Morgan fingerprint density at radius 2 is 1.90 bits per heavy atom. The molecule has 3 rings (SSSR count). The Bertz CT molecular complexity index is 739. The Morgan fingerprint density at radius 3 is 2.70 bits per heavy atom. The van der Waals surface area contributed by atoms with Gasteiger partial charge < -0.3 is 9.88 Å². The molecule has 1 heterocycles. The second-order valence-corrected chi connectivity index (χ2v) is 5.47. The Labute approximate surface area is 124 Å². The molecule has 0 fully saturated rings. The van der Waals surface area contributed by atoms with Crippen LogP contribution in [0.15, 0.2) is 48.7 Å². The number of anilines is 1. The summed E-state index contributed by atoms with van der Waals surface area (Å²) in [7, 11) is 2.08. The van der Waals surface area contributed by atoms with Gasteiger partial charge in [-0.1, -0.05) is 41.9 Å². The van der Waals surface area contributed by atoms with Crippen molar-refractivity contribution in [2.75, 3.05) is 5.32 Å². The maximum atomic E-state index is 6.25. The predicted molar refractivity (Wildman–Crippen MR) is 86.4 cm³/mol. The first-order chi connectivity index (χ1) is 9.66. The summed E-state index contributed by atoms with van der Waals surface area (Å²) in [6.45, 7) is 2.84. The van der Waals surface area contributed by atoms with Crippen LogP contribution in [0.25, 0.3) is 10.9 Å². The van der Waals surface area contributed by atoms with Gasteiger partial charge in [0.15, 0.2) is 0 Å². The van der Waals surface area contributed by atoms with E-state index < -0.39 is 0 Å². The lowest BCUT2D eigenvalue weighted by molar-refractivity contribution is 0.955. The molecule has 0 aliphatic heterocycles. The minimum atomic E-state index is 0.769. The van der Waals surface area contributed by atoms with Gasteiger partial charge >= 0.3 is 0 Å². The third-order valence-corrected chi connectivity index (χ3v) is 3.97. The highest BCUT2D eigenvalue weighted by molar-refractivity contribution is 6.33. The number of para-hydroxylation sites is 2. The maximum absolute atomic E-state index is 6.25. The van der Waals surface area contributed by atoms with Gasteiger partial charge in [0, 0.05) is 30.7 Å². The van der Waals surface area contributed by atoms with Gasteiger partial charge in [0.25, 0.3) is 0 Å². The minimum absolute atomic E-state index is 0.769. The normalized spacial score (nSPS) is 10.9. The first-order valence-corrected chi connectivity index (χ1v) is 7.06. The minimum Gasteiger partial charge on any atom is -0.379 e. The first-order valence-electron chi connectivity index (χ1n) is 6.69. The molecule has 0 radical (unpaired) electrons. The number of hydrogen-bond donors (Lipinski definition) is 1. The third kappa shape index (κ3) is 2.27. The van der Waals surface area contributed by atoms with Crippen molar-refractivity contribution in [1.82, 2.24) is 4.57 Å². The van der Waals surface area contributed by atoms with E-state index in [9.17, 15) is 0 Å². The third-order valence-electron chi connectivity index (χ3n) is 3.66. The van der Waals surface area contributed by atoms with E-state index in [0.717, 1.165) is 22.8 Å². The summed E-state index contributed by atoms with van der Waals surface area (Å²) in [4.78, 5) is 0. The fourth-order valence-corrected chi connectivity index (χ4v) is 2.89. The van der Waals surface area contributed by atoms with Gasteiger partial charge in [-0.05, 0) is 30.2 Å². The van der Waals surface area contributed by atoms with Gasteiger partial charge in [-0.15, -0.1) is 0 Å². The molecule has 0 amide bonds. The molecule has 1 N–H and O–H groups in total. The van der Waals surface area contributed by atoms with Crippen LogP contribution in [0.2, 0.25) is 5.02 Å². The Balaban J connectivity index is 1.91. The highest BCUT2D eigenvalue weighted by atomic mass is 35.5. The SMILES string of the molecule is Cc1cccc(Cl)c1NCc1cn(C)c2ccccc12. The zero-order chi connectivity index (χ0) is 14.1. The Kier molecular flexibility index (Phi) is 3.41. The quantitative estimate of drug-likeness (QED) is 0.734. The van der Waals surface area contributed by atoms with E-state index in [2.05, 4.69) is 60.4 Å². The molecule has 0 atom stereocenters. The van der Waals surface area contributed by atoms with Crippen LogP contribution in [0.1, 0.15) is 11.1 Å². The van der Waals surface area contributed by atoms with Gasteiger partial charge in [-0.2, -0.15) is 0 Å². The molecule has 0 spiro atoms. The van der Waals surface area contributed by atoms with Crippen molar-refractivity contribution in [3.63, 3.8) is 0 Å².